The number of hydrogen-bond acceptors (Lipinski definition) is 5. The van der Waals surface area contributed by atoms with Gasteiger partial charge in [0.25, 0.3) is 11.7 Å². The molecule has 1 fully saturated rings. The lowest BCUT2D eigenvalue weighted by atomic mass is 9.85. The Labute approximate surface area is 205 Å². The van der Waals surface area contributed by atoms with Crippen LogP contribution in [0.2, 0.25) is 0 Å². The minimum atomic E-state index is -0.675. The van der Waals surface area contributed by atoms with Crippen molar-refractivity contribution in [3.05, 3.63) is 89.5 Å². The average Bonchev–Trinajstić information content (AvgIpc) is 3.45. The second-order valence-electron chi connectivity index (χ2n) is 9.75. The van der Waals surface area contributed by atoms with Crippen molar-refractivity contribution in [3.8, 4) is 5.75 Å². The van der Waals surface area contributed by atoms with Gasteiger partial charge in [-0.3, -0.25) is 9.59 Å². The number of benzene rings is 2. The van der Waals surface area contributed by atoms with E-state index in [-0.39, 0.29) is 16.7 Å². The van der Waals surface area contributed by atoms with Crippen molar-refractivity contribution in [1.82, 2.24) is 14.5 Å². The molecule has 3 aromatic rings. The number of amides is 1. The Morgan fingerprint density at radius 2 is 1.71 bits per heavy atom. The summed E-state index contributed by atoms with van der Waals surface area (Å²) in [7, 11) is 1.56. The molecule has 1 aliphatic heterocycles. The highest BCUT2D eigenvalue weighted by molar-refractivity contribution is 6.46. The number of carbonyl (C=O) groups excluding carboxylic acids is 2. The van der Waals surface area contributed by atoms with E-state index in [0.29, 0.717) is 30.8 Å². The number of aryl methyl sites for hydroxylation is 1. The molecule has 1 aliphatic rings. The predicted molar refractivity (Wildman–Crippen MR) is 134 cm³/mol. The summed E-state index contributed by atoms with van der Waals surface area (Å²) >= 11 is 0. The number of rotatable bonds is 7. The van der Waals surface area contributed by atoms with Crippen LogP contribution in [0.3, 0.4) is 0 Å². The Hall–Kier alpha value is -3.87. The van der Waals surface area contributed by atoms with E-state index >= 15 is 0 Å². The molecule has 0 spiro atoms. The molecule has 7 nitrogen and oxygen atoms in total. The first-order chi connectivity index (χ1) is 16.7. The van der Waals surface area contributed by atoms with Crippen LogP contribution >= 0.6 is 0 Å². The molecule has 1 atom stereocenters. The second-order valence-corrected chi connectivity index (χ2v) is 9.75. The molecule has 1 N–H and O–H groups in total. The van der Waals surface area contributed by atoms with Crippen LogP contribution in [0.1, 0.15) is 49.9 Å². The molecule has 7 heteroatoms. The Morgan fingerprint density at radius 3 is 2.29 bits per heavy atom. The second kappa shape index (κ2) is 9.78. The number of ketones is 1. The molecule has 0 saturated carbocycles. The van der Waals surface area contributed by atoms with E-state index in [9.17, 15) is 14.7 Å². The molecule has 4 rings (SSSR count). The number of aliphatic hydroxyl groups is 1. The van der Waals surface area contributed by atoms with Crippen molar-refractivity contribution in [2.24, 2.45) is 0 Å². The van der Waals surface area contributed by atoms with E-state index in [0.717, 1.165) is 11.1 Å². The molecule has 0 unspecified atom stereocenters. The zero-order valence-corrected chi connectivity index (χ0v) is 20.6. The lowest BCUT2D eigenvalue weighted by molar-refractivity contribution is -0.139. The number of hydrogen-bond donors (Lipinski definition) is 1. The van der Waals surface area contributed by atoms with E-state index in [2.05, 4.69) is 25.8 Å². The molecule has 0 radical (unpaired) electrons. The van der Waals surface area contributed by atoms with Gasteiger partial charge in [-0.15, -0.1) is 0 Å². The lowest BCUT2D eigenvalue weighted by Crippen LogP contribution is -2.31. The Balaban J connectivity index is 1.73. The number of methoxy groups -OCH3 is 1. The molecular weight excluding hydrogens is 442 g/mol. The number of imidazole rings is 1. The summed E-state index contributed by atoms with van der Waals surface area (Å²) < 4.78 is 7.13. The van der Waals surface area contributed by atoms with Gasteiger partial charge in [-0.2, -0.15) is 0 Å². The SMILES string of the molecule is COc1ccc(/C(O)=C2\C(=O)C(=O)N(CCCn3ccnc3)[C@H]2c2ccc(C(C)(C)C)cc2)cc1. The summed E-state index contributed by atoms with van der Waals surface area (Å²) in [5, 5.41) is 11.2. The van der Waals surface area contributed by atoms with Crippen LogP contribution in [0.15, 0.2) is 72.8 Å². The molecule has 182 valence electrons. The summed E-state index contributed by atoms with van der Waals surface area (Å²) in [6.07, 6.45) is 5.93. The maximum atomic E-state index is 13.2. The van der Waals surface area contributed by atoms with Gasteiger partial charge in [0.15, 0.2) is 0 Å². The molecule has 1 aromatic heterocycles. The fourth-order valence-electron chi connectivity index (χ4n) is 4.37. The first-order valence-corrected chi connectivity index (χ1v) is 11.7. The Bertz CT molecular complexity index is 1220. The molecule has 0 bridgehead atoms. The standard InChI is InChI=1S/C28H31N3O4/c1-28(2,3)21-10-6-19(7-11-21)24-23(25(32)20-8-12-22(35-4)13-9-20)26(33)27(34)31(24)16-5-15-30-17-14-29-18-30/h6-14,17-18,24,32H,5,15-16H2,1-4H3/b25-23+/t24-/m0/s1. The largest absolute Gasteiger partial charge is 0.507 e. The number of ether oxygens (including phenoxy) is 1. The lowest BCUT2D eigenvalue weighted by Gasteiger charge is -2.26. The predicted octanol–water partition coefficient (Wildman–Crippen LogP) is 4.70. The third-order valence-electron chi connectivity index (χ3n) is 6.37. The van der Waals surface area contributed by atoms with Gasteiger partial charge in [0.1, 0.15) is 11.5 Å². The Morgan fingerprint density at radius 1 is 1.03 bits per heavy atom. The fourth-order valence-corrected chi connectivity index (χ4v) is 4.37. The monoisotopic (exact) mass is 473 g/mol. The van der Waals surface area contributed by atoms with Crippen LogP contribution in [-0.4, -0.2) is 44.9 Å². The van der Waals surface area contributed by atoms with Gasteiger partial charge in [-0.25, -0.2) is 4.98 Å². The summed E-state index contributed by atoms with van der Waals surface area (Å²) in [6.45, 7) is 7.43. The van der Waals surface area contributed by atoms with Crippen LogP contribution in [0.5, 0.6) is 5.75 Å². The topological polar surface area (TPSA) is 84.7 Å². The molecule has 0 aliphatic carbocycles. The summed E-state index contributed by atoms with van der Waals surface area (Å²) in [4.78, 5) is 32.0. The van der Waals surface area contributed by atoms with Gasteiger partial charge in [-0.05, 0) is 47.2 Å². The maximum Gasteiger partial charge on any atom is 0.295 e. The highest BCUT2D eigenvalue weighted by Gasteiger charge is 2.45. The number of aromatic nitrogens is 2. The highest BCUT2D eigenvalue weighted by atomic mass is 16.5. The van der Waals surface area contributed by atoms with Gasteiger partial charge in [0, 0.05) is 31.0 Å². The normalized spacial score (nSPS) is 17.7. The smallest absolute Gasteiger partial charge is 0.295 e. The number of nitrogens with zero attached hydrogens (tertiary/aromatic N) is 3. The van der Waals surface area contributed by atoms with Gasteiger partial charge >= 0.3 is 0 Å². The van der Waals surface area contributed by atoms with Crippen molar-refractivity contribution in [3.63, 3.8) is 0 Å². The third-order valence-corrected chi connectivity index (χ3v) is 6.37. The Kier molecular flexibility index (Phi) is 6.78. The van der Waals surface area contributed by atoms with Gasteiger partial charge in [0.2, 0.25) is 0 Å². The van der Waals surface area contributed by atoms with E-state index in [1.54, 1.807) is 48.8 Å². The van der Waals surface area contributed by atoms with E-state index < -0.39 is 17.7 Å². The number of likely N-dealkylation sites (tertiary alicyclic amines) is 1. The van der Waals surface area contributed by atoms with E-state index in [1.165, 1.54) is 0 Å². The van der Waals surface area contributed by atoms with Crippen molar-refractivity contribution in [2.45, 2.75) is 45.2 Å². The summed E-state index contributed by atoms with van der Waals surface area (Å²) in [5.41, 5.74) is 2.46. The van der Waals surface area contributed by atoms with Crippen molar-refractivity contribution in [1.29, 1.82) is 0 Å². The molecule has 1 amide bonds. The maximum absolute atomic E-state index is 13.2. The van der Waals surface area contributed by atoms with E-state index in [4.69, 9.17) is 4.74 Å². The summed E-state index contributed by atoms with van der Waals surface area (Å²) in [5.74, 6) is -0.828. The molecule has 35 heavy (non-hydrogen) atoms. The molecular formula is C28H31N3O4. The number of aliphatic hydroxyl groups excluding tert-OH is 1. The zero-order chi connectivity index (χ0) is 25.2. The van der Waals surface area contributed by atoms with E-state index in [1.807, 2.05) is 35.0 Å². The molecule has 2 aromatic carbocycles. The van der Waals surface area contributed by atoms with Crippen molar-refractivity contribution in [2.75, 3.05) is 13.7 Å². The quantitative estimate of drug-likeness (QED) is 0.305. The van der Waals surface area contributed by atoms with Crippen LogP contribution in [-0.2, 0) is 21.5 Å². The van der Waals surface area contributed by atoms with Crippen molar-refractivity contribution < 1.29 is 19.4 Å². The van der Waals surface area contributed by atoms with Crippen LogP contribution in [0, 0.1) is 0 Å². The van der Waals surface area contributed by atoms with Crippen LogP contribution in [0.25, 0.3) is 5.76 Å². The molecule has 2 heterocycles. The first-order valence-electron chi connectivity index (χ1n) is 11.7. The van der Waals surface area contributed by atoms with Gasteiger partial charge in [-0.1, -0.05) is 45.0 Å². The first kappa shape index (κ1) is 24.3. The minimum Gasteiger partial charge on any atom is -0.507 e. The zero-order valence-electron chi connectivity index (χ0n) is 20.6. The molecule has 1 saturated heterocycles. The van der Waals surface area contributed by atoms with Gasteiger partial charge in [0.05, 0.1) is 25.1 Å². The fraction of sp³-hybridized carbons (Fsp3) is 0.321. The average molecular weight is 474 g/mol. The summed E-state index contributed by atoms with van der Waals surface area (Å²) in [6, 6.07) is 14.0. The van der Waals surface area contributed by atoms with Crippen LogP contribution < -0.4 is 4.74 Å². The van der Waals surface area contributed by atoms with Crippen molar-refractivity contribution >= 4 is 17.4 Å². The number of Topliss-reactive ketones (excluding diaryl/α,β-unsaturated/α-hetero) is 1. The van der Waals surface area contributed by atoms with Crippen LogP contribution in [0.4, 0.5) is 0 Å². The minimum absolute atomic E-state index is 0.0335. The third kappa shape index (κ3) is 4.99. The number of carbonyl (C=O) groups is 2. The van der Waals surface area contributed by atoms with Gasteiger partial charge < -0.3 is 19.3 Å². The highest BCUT2D eigenvalue weighted by Crippen LogP contribution is 2.40.